The Hall–Kier alpha value is -0.770. The zero-order valence-electron chi connectivity index (χ0n) is 11.9. The second-order valence-corrected chi connectivity index (χ2v) is 6.56. The molecule has 8 heteroatoms. The average molecular weight is 414 g/mol. The van der Waals surface area contributed by atoms with Crippen molar-refractivity contribution in [3.8, 4) is 0 Å². The van der Waals surface area contributed by atoms with Crippen LogP contribution in [0.5, 0.6) is 0 Å². The van der Waals surface area contributed by atoms with Gasteiger partial charge >= 0.3 is 0 Å². The van der Waals surface area contributed by atoms with Crippen molar-refractivity contribution in [3.05, 3.63) is 24.5 Å². The lowest BCUT2D eigenvalue weighted by atomic mass is 10.6. The molecule has 0 fully saturated rings. The van der Waals surface area contributed by atoms with Crippen molar-refractivity contribution in [2.45, 2.75) is 13.5 Å². The van der Waals surface area contributed by atoms with Crippen LogP contribution < -0.4 is 10.6 Å². The minimum absolute atomic E-state index is 0. The Kier molecular flexibility index (Phi) is 9.64. The van der Waals surface area contributed by atoms with Gasteiger partial charge in [-0.25, -0.2) is 8.42 Å². The number of halogens is 1. The zero-order valence-corrected chi connectivity index (χ0v) is 15.0. The first-order valence-corrected chi connectivity index (χ1v) is 8.15. The van der Waals surface area contributed by atoms with E-state index in [0.29, 0.717) is 12.5 Å². The average Bonchev–Trinajstić information content (AvgIpc) is 2.90. The third kappa shape index (κ3) is 7.73. The predicted molar refractivity (Wildman–Crippen MR) is 93.5 cm³/mol. The molecule has 1 aromatic rings. The van der Waals surface area contributed by atoms with Gasteiger partial charge in [0.05, 0.1) is 5.75 Å². The van der Waals surface area contributed by atoms with Gasteiger partial charge in [-0.1, -0.05) is 6.92 Å². The SMILES string of the molecule is CCS(=O)(=O)CCNC(=NC)NCCn1cccc1.I. The summed E-state index contributed by atoms with van der Waals surface area (Å²) in [6.07, 6.45) is 3.98. The summed E-state index contributed by atoms with van der Waals surface area (Å²) in [7, 11) is -1.26. The molecule has 20 heavy (non-hydrogen) atoms. The Bertz CT molecular complexity index is 486. The van der Waals surface area contributed by atoms with Gasteiger partial charge in [-0.2, -0.15) is 0 Å². The molecule has 116 valence electrons. The second-order valence-electron chi connectivity index (χ2n) is 4.08. The number of aromatic nitrogens is 1. The summed E-state index contributed by atoms with van der Waals surface area (Å²) >= 11 is 0. The van der Waals surface area contributed by atoms with E-state index < -0.39 is 9.84 Å². The molecule has 0 saturated heterocycles. The molecule has 0 spiro atoms. The first kappa shape index (κ1) is 19.2. The van der Waals surface area contributed by atoms with Crippen LogP contribution in [0.3, 0.4) is 0 Å². The predicted octanol–water partition coefficient (Wildman–Crippen LogP) is 0.706. The standard InChI is InChI=1S/C12H22N4O2S.HI/c1-3-19(17,18)11-7-15-12(13-2)14-6-10-16-8-4-5-9-16;/h4-5,8-9H,3,6-7,10-11H2,1-2H3,(H2,13,14,15);1H. The van der Waals surface area contributed by atoms with Crippen molar-refractivity contribution >= 4 is 39.8 Å². The molecule has 0 aliphatic rings. The topological polar surface area (TPSA) is 75.5 Å². The summed E-state index contributed by atoms with van der Waals surface area (Å²) in [4.78, 5) is 4.04. The van der Waals surface area contributed by atoms with E-state index in [1.165, 1.54) is 0 Å². The van der Waals surface area contributed by atoms with E-state index in [0.717, 1.165) is 13.1 Å². The number of nitrogens with one attached hydrogen (secondary N) is 2. The van der Waals surface area contributed by atoms with Crippen LogP contribution in [0.25, 0.3) is 0 Å². The minimum Gasteiger partial charge on any atom is -0.355 e. The quantitative estimate of drug-likeness (QED) is 0.392. The van der Waals surface area contributed by atoms with Crippen molar-refractivity contribution in [3.63, 3.8) is 0 Å². The third-order valence-electron chi connectivity index (χ3n) is 2.70. The van der Waals surface area contributed by atoms with Crippen LogP contribution in [0.1, 0.15) is 6.92 Å². The van der Waals surface area contributed by atoms with Gasteiger partial charge in [0.1, 0.15) is 0 Å². The zero-order chi connectivity index (χ0) is 14.1. The van der Waals surface area contributed by atoms with Crippen LogP contribution in [0.15, 0.2) is 29.5 Å². The summed E-state index contributed by atoms with van der Waals surface area (Å²) in [5, 5.41) is 6.13. The number of nitrogens with zero attached hydrogens (tertiary/aromatic N) is 2. The molecule has 0 amide bonds. The van der Waals surface area contributed by atoms with Crippen LogP contribution in [0.2, 0.25) is 0 Å². The number of hydrogen-bond donors (Lipinski definition) is 2. The highest BCUT2D eigenvalue weighted by Gasteiger charge is 2.07. The van der Waals surface area contributed by atoms with Crippen LogP contribution >= 0.6 is 24.0 Å². The number of sulfone groups is 1. The summed E-state index contributed by atoms with van der Waals surface area (Å²) in [5.74, 6) is 0.925. The summed E-state index contributed by atoms with van der Waals surface area (Å²) in [6, 6.07) is 3.95. The van der Waals surface area contributed by atoms with E-state index in [1.807, 2.05) is 24.5 Å². The van der Waals surface area contributed by atoms with Crippen molar-refractivity contribution < 1.29 is 8.42 Å². The Labute approximate surface area is 138 Å². The van der Waals surface area contributed by atoms with E-state index in [2.05, 4.69) is 20.2 Å². The first-order chi connectivity index (χ1) is 9.07. The van der Waals surface area contributed by atoms with Crippen LogP contribution in [0, 0.1) is 0 Å². The molecule has 1 heterocycles. The Balaban J connectivity index is 0.00000361. The van der Waals surface area contributed by atoms with Gasteiger partial charge in [-0.05, 0) is 12.1 Å². The van der Waals surface area contributed by atoms with Gasteiger partial charge in [0.2, 0.25) is 0 Å². The second kappa shape index (κ2) is 10.0. The molecule has 0 saturated carbocycles. The monoisotopic (exact) mass is 414 g/mol. The number of hydrogen-bond acceptors (Lipinski definition) is 3. The van der Waals surface area contributed by atoms with Crippen LogP contribution in [-0.4, -0.2) is 50.6 Å². The highest BCUT2D eigenvalue weighted by Crippen LogP contribution is 1.89. The summed E-state index contributed by atoms with van der Waals surface area (Å²) in [5.41, 5.74) is 0. The fourth-order valence-corrected chi connectivity index (χ4v) is 2.21. The van der Waals surface area contributed by atoms with Crippen molar-refractivity contribution in [2.24, 2.45) is 4.99 Å². The molecule has 0 aliphatic carbocycles. The van der Waals surface area contributed by atoms with Gasteiger partial charge in [0.25, 0.3) is 0 Å². The highest BCUT2D eigenvalue weighted by molar-refractivity contribution is 14.0. The van der Waals surface area contributed by atoms with Gasteiger partial charge < -0.3 is 15.2 Å². The molecule has 1 aromatic heterocycles. The lowest BCUT2D eigenvalue weighted by Crippen LogP contribution is -2.40. The van der Waals surface area contributed by atoms with Crippen LogP contribution in [0.4, 0.5) is 0 Å². The molecule has 6 nitrogen and oxygen atoms in total. The third-order valence-corrected chi connectivity index (χ3v) is 4.40. The Morgan fingerprint density at radius 2 is 1.80 bits per heavy atom. The summed E-state index contributed by atoms with van der Waals surface area (Å²) in [6.45, 7) is 3.59. The van der Waals surface area contributed by atoms with Gasteiger partial charge in [-0.15, -0.1) is 24.0 Å². The molecule has 0 atom stereocenters. The molecular weight excluding hydrogens is 391 g/mol. The van der Waals surface area contributed by atoms with E-state index in [-0.39, 0.29) is 35.5 Å². The maximum Gasteiger partial charge on any atom is 0.191 e. The molecule has 2 N–H and O–H groups in total. The normalized spacial score (nSPS) is 11.8. The van der Waals surface area contributed by atoms with Gasteiger partial charge in [0, 0.05) is 44.8 Å². The fourth-order valence-electron chi connectivity index (χ4n) is 1.51. The van der Waals surface area contributed by atoms with Crippen molar-refractivity contribution in [1.82, 2.24) is 15.2 Å². The fraction of sp³-hybridized carbons (Fsp3) is 0.583. The molecule has 0 unspecified atom stereocenters. The molecular formula is C12H23IN4O2S. The van der Waals surface area contributed by atoms with Crippen molar-refractivity contribution in [2.75, 3.05) is 31.6 Å². The largest absolute Gasteiger partial charge is 0.355 e. The van der Waals surface area contributed by atoms with Crippen molar-refractivity contribution in [1.29, 1.82) is 0 Å². The Morgan fingerprint density at radius 3 is 2.35 bits per heavy atom. The highest BCUT2D eigenvalue weighted by atomic mass is 127. The first-order valence-electron chi connectivity index (χ1n) is 6.33. The van der Waals surface area contributed by atoms with Crippen LogP contribution in [-0.2, 0) is 16.4 Å². The van der Waals surface area contributed by atoms with E-state index in [4.69, 9.17) is 0 Å². The van der Waals surface area contributed by atoms with E-state index in [1.54, 1.807) is 14.0 Å². The maximum atomic E-state index is 11.3. The number of rotatable bonds is 7. The minimum atomic E-state index is -2.93. The smallest absolute Gasteiger partial charge is 0.191 e. The molecule has 0 radical (unpaired) electrons. The van der Waals surface area contributed by atoms with E-state index >= 15 is 0 Å². The lowest BCUT2D eigenvalue weighted by Gasteiger charge is -2.12. The molecule has 1 rings (SSSR count). The Morgan fingerprint density at radius 1 is 1.20 bits per heavy atom. The number of guanidine groups is 1. The molecule has 0 aliphatic heterocycles. The lowest BCUT2D eigenvalue weighted by molar-refractivity contribution is 0.595. The molecule has 0 bridgehead atoms. The maximum absolute atomic E-state index is 11.3. The summed E-state index contributed by atoms with van der Waals surface area (Å²) < 4.78 is 24.7. The van der Waals surface area contributed by atoms with Gasteiger partial charge in [-0.3, -0.25) is 4.99 Å². The molecule has 0 aromatic carbocycles. The number of aliphatic imine (C=N–C) groups is 1. The van der Waals surface area contributed by atoms with Gasteiger partial charge in [0.15, 0.2) is 15.8 Å². The van der Waals surface area contributed by atoms with E-state index in [9.17, 15) is 8.42 Å².